The van der Waals surface area contributed by atoms with Gasteiger partial charge in [-0.15, -0.1) is 10.2 Å². The molecular formula is C6H3N5. The molecule has 11 heavy (non-hydrogen) atoms. The van der Waals surface area contributed by atoms with Gasteiger partial charge in [-0.2, -0.15) is 10.4 Å². The van der Waals surface area contributed by atoms with Crippen molar-refractivity contribution in [2.24, 2.45) is 0 Å². The van der Waals surface area contributed by atoms with Gasteiger partial charge < -0.3 is 0 Å². The first kappa shape index (κ1) is 5.80. The molecule has 2 aromatic rings. The molecule has 0 N–H and O–H groups in total. The lowest BCUT2D eigenvalue weighted by molar-refractivity contribution is 0.878. The van der Waals surface area contributed by atoms with Crippen LogP contribution in [0.1, 0.15) is 5.69 Å². The van der Waals surface area contributed by atoms with Gasteiger partial charge in [-0.1, -0.05) is 0 Å². The molecule has 0 aromatic carbocycles. The zero-order valence-electron chi connectivity index (χ0n) is 5.47. The molecule has 5 heteroatoms. The van der Waals surface area contributed by atoms with E-state index in [-0.39, 0.29) is 5.69 Å². The zero-order valence-corrected chi connectivity index (χ0v) is 5.47. The van der Waals surface area contributed by atoms with Gasteiger partial charge in [0, 0.05) is 6.07 Å². The van der Waals surface area contributed by atoms with Crippen LogP contribution >= 0.6 is 0 Å². The SMILES string of the molecule is N#Cc1cn2nccc2nn1. The van der Waals surface area contributed by atoms with E-state index in [1.54, 1.807) is 12.3 Å². The summed E-state index contributed by atoms with van der Waals surface area (Å²) in [7, 11) is 0. The van der Waals surface area contributed by atoms with Crippen LogP contribution in [0.15, 0.2) is 18.5 Å². The van der Waals surface area contributed by atoms with Gasteiger partial charge in [0.1, 0.15) is 6.07 Å². The molecule has 0 saturated heterocycles. The van der Waals surface area contributed by atoms with Crippen LogP contribution in [0.4, 0.5) is 0 Å². The van der Waals surface area contributed by atoms with Crippen molar-refractivity contribution in [3.05, 3.63) is 24.2 Å². The van der Waals surface area contributed by atoms with E-state index >= 15 is 0 Å². The van der Waals surface area contributed by atoms with Crippen LogP contribution in [0.2, 0.25) is 0 Å². The summed E-state index contributed by atoms with van der Waals surface area (Å²) in [6.07, 6.45) is 3.13. The molecule has 2 aromatic heterocycles. The third-order valence-corrected chi connectivity index (χ3v) is 1.27. The molecule has 0 aliphatic carbocycles. The quantitative estimate of drug-likeness (QED) is 0.523. The van der Waals surface area contributed by atoms with Crippen molar-refractivity contribution in [2.75, 3.05) is 0 Å². The van der Waals surface area contributed by atoms with Crippen molar-refractivity contribution in [3.63, 3.8) is 0 Å². The maximum atomic E-state index is 8.44. The lowest BCUT2D eigenvalue weighted by atomic mass is 10.5. The Bertz CT molecular complexity index is 424. The van der Waals surface area contributed by atoms with Crippen LogP contribution in [0.3, 0.4) is 0 Å². The molecule has 0 atom stereocenters. The van der Waals surface area contributed by atoms with Gasteiger partial charge in [0.25, 0.3) is 0 Å². The van der Waals surface area contributed by atoms with Gasteiger partial charge in [-0.3, -0.25) is 0 Å². The van der Waals surface area contributed by atoms with Gasteiger partial charge in [-0.25, -0.2) is 4.52 Å². The van der Waals surface area contributed by atoms with Gasteiger partial charge >= 0.3 is 0 Å². The van der Waals surface area contributed by atoms with Crippen LogP contribution in [-0.4, -0.2) is 19.8 Å². The number of fused-ring (bicyclic) bond motifs is 1. The van der Waals surface area contributed by atoms with E-state index in [4.69, 9.17) is 5.26 Å². The molecule has 0 radical (unpaired) electrons. The standard InChI is InChI=1S/C6H3N5/c7-3-5-4-11-6(10-9-5)1-2-8-11/h1-2,4H. The number of aromatic nitrogens is 4. The second-order valence-corrected chi connectivity index (χ2v) is 1.96. The Morgan fingerprint density at radius 1 is 1.45 bits per heavy atom. The minimum absolute atomic E-state index is 0.265. The Morgan fingerprint density at radius 3 is 3.18 bits per heavy atom. The molecule has 0 amide bonds. The zero-order chi connectivity index (χ0) is 7.68. The lowest BCUT2D eigenvalue weighted by Crippen LogP contribution is -1.95. The predicted molar refractivity (Wildman–Crippen MR) is 35.5 cm³/mol. The number of nitriles is 1. The monoisotopic (exact) mass is 145 g/mol. The van der Waals surface area contributed by atoms with Crippen LogP contribution < -0.4 is 0 Å². The van der Waals surface area contributed by atoms with E-state index in [2.05, 4.69) is 15.3 Å². The van der Waals surface area contributed by atoms with E-state index in [1.165, 1.54) is 10.7 Å². The second kappa shape index (κ2) is 2.02. The molecule has 0 aliphatic heterocycles. The van der Waals surface area contributed by atoms with Crippen molar-refractivity contribution in [2.45, 2.75) is 0 Å². The van der Waals surface area contributed by atoms with Crippen molar-refractivity contribution in [1.82, 2.24) is 19.8 Å². The summed E-state index contributed by atoms with van der Waals surface area (Å²) in [4.78, 5) is 0. The predicted octanol–water partition coefficient (Wildman–Crippen LogP) is -0.00402. The Morgan fingerprint density at radius 2 is 2.36 bits per heavy atom. The Balaban J connectivity index is 2.79. The number of rotatable bonds is 0. The Kier molecular flexibility index (Phi) is 1.07. The molecule has 0 saturated carbocycles. The summed E-state index contributed by atoms with van der Waals surface area (Å²) in [6.45, 7) is 0. The molecule has 0 aliphatic rings. The van der Waals surface area contributed by atoms with Crippen molar-refractivity contribution >= 4 is 5.65 Å². The van der Waals surface area contributed by atoms with E-state index < -0.39 is 0 Å². The van der Waals surface area contributed by atoms with Gasteiger partial charge in [0.2, 0.25) is 0 Å². The summed E-state index contributed by atoms with van der Waals surface area (Å²) in [5.74, 6) is 0. The smallest absolute Gasteiger partial charge is 0.181 e. The third-order valence-electron chi connectivity index (χ3n) is 1.27. The van der Waals surface area contributed by atoms with E-state index in [0.717, 1.165) is 0 Å². The first-order chi connectivity index (χ1) is 5.40. The first-order valence-corrected chi connectivity index (χ1v) is 2.97. The van der Waals surface area contributed by atoms with Crippen LogP contribution in [0.25, 0.3) is 5.65 Å². The minimum Gasteiger partial charge on any atom is -0.218 e. The molecule has 0 fully saturated rings. The molecule has 0 spiro atoms. The van der Waals surface area contributed by atoms with Crippen LogP contribution in [0, 0.1) is 11.3 Å². The highest BCUT2D eigenvalue weighted by molar-refractivity contribution is 5.34. The summed E-state index contributed by atoms with van der Waals surface area (Å²) < 4.78 is 1.51. The topological polar surface area (TPSA) is 66.9 Å². The van der Waals surface area contributed by atoms with Crippen molar-refractivity contribution < 1.29 is 0 Å². The first-order valence-electron chi connectivity index (χ1n) is 2.97. The largest absolute Gasteiger partial charge is 0.218 e. The van der Waals surface area contributed by atoms with Crippen LogP contribution in [0.5, 0.6) is 0 Å². The molecule has 2 rings (SSSR count). The highest BCUT2D eigenvalue weighted by Crippen LogP contribution is 1.95. The normalized spacial score (nSPS) is 9.73. The molecule has 0 bridgehead atoms. The highest BCUT2D eigenvalue weighted by Gasteiger charge is 1.96. The third kappa shape index (κ3) is 0.809. The second-order valence-electron chi connectivity index (χ2n) is 1.96. The number of hydrogen-bond donors (Lipinski definition) is 0. The fraction of sp³-hybridized carbons (Fsp3) is 0. The Hall–Kier alpha value is -1.96. The maximum absolute atomic E-state index is 8.44. The minimum atomic E-state index is 0.265. The summed E-state index contributed by atoms with van der Waals surface area (Å²) >= 11 is 0. The van der Waals surface area contributed by atoms with E-state index in [9.17, 15) is 0 Å². The van der Waals surface area contributed by atoms with Crippen molar-refractivity contribution in [1.29, 1.82) is 5.26 Å². The lowest BCUT2D eigenvalue weighted by Gasteiger charge is -1.88. The molecular weight excluding hydrogens is 142 g/mol. The average Bonchev–Trinajstić information content (AvgIpc) is 2.50. The molecule has 2 heterocycles. The summed E-state index contributed by atoms with van der Waals surface area (Å²) in [5, 5.41) is 19.7. The molecule has 0 unspecified atom stereocenters. The summed E-state index contributed by atoms with van der Waals surface area (Å²) in [5.41, 5.74) is 0.908. The highest BCUT2D eigenvalue weighted by atomic mass is 15.3. The van der Waals surface area contributed by atoms with Crippen LogP contribution in [-0.2, 0) is 0 Å². The Labute approximate surface area is 61.9 Å². The number of hydrogen-bond acceptors (Lipinski definition) is 4. The van der Waals surface area contributed by atoms with Crippen molar-refractivity contribution in [3.8, 4) is 6.07 Å². The van der Waals surface area contributed by atoms with E-state index in [1.807, 2.05) is 6.07 Å². The van der Waals surface area contributed by atoms with Gasteiger partial charge in [0.15, 0.2) is 11.3 Å². The number of nitrogens with zero attached hydrogens (tertiary/aromatic N) is 5. The van der Waals surface area contributed by atoms with E-state index in [0.29, 0.717) is 5.65 Å². The van der Waals surface area contributed by atoms with Gasteiger partial charge in [0.05, 0.1) is 12.4 Å². The fourth-order valence-corrected chi connectivity index (χ4v) is 0.784. The molecule has 52 valence electrons. The average molecular weight is 145 g/mol. The maximum Gasteiger partial charge on any atom is 0.181 e. The molecule has 5 nitrogen and oxygen atoms in total. The fourth-order valence-electron chi connectivity index (χ4n) is 0.784. The van der Waals surface area contributed by atoms with Gasteiger partial charge in [-0.05, 0) is 0 Å². The summed E-state index contributed by atoms with van der Waals surface area (Å²) in [6, 6.07) is 3.59.